The Bertz CT molecular complexity index is 817. The van der Waals surface area contributed by atoms with Crippen LogP contribution in [0.15, 0.2) is 73.1 Å². The van der Waals surface area contributed by atoms with Crippen molar-refractivity contribution in [3.05, 3.63) is 89.7 Å². The molecule has 0 radical (unpaired) electrons. The highest BCUT2D eigenvalue weighted by atomic mass is 19.4. The molecule has 28 heavy (non-hydrogen) atoms. The van der Waals surface area contributed by atoms with Gasteiger partial charge in [0.1, 0.15) is 18.1 Å². The van der Waals surface area contributed by atoms with E-state index in [1.807, 2.05) is 49.5 Å². The molecule has 0 aliphatic carbocycles. The zero-order valence-electron chi connectivity index (χ0n) is 15.7. The second kappa shape index (κ2) is 10.3. The van der Waals surface area contributed by atoms with Gasteiger partial charge in [-0.05, 0) is 44.2 Å². The van der Waals surface area contributed by atoms with Crippen LogP contribution in [0.25, 0.3) is 0 Å². The summed E-state index contributed by atoms with van der Waals surface area (Å²) in [6.07, 6.45) is -0.700. The molecular weight excluding hydrogens is 367 g/mol. The molecular formula is C22H22F3NO2. The number of alkyl halides is 3. The second-order valence-electron chi connectivity index (χ2n) is 6.18. The SMILES string of the molecule is Cc1ccc(OCC(F)(F)F)cc1.Cc1ccc(OCc2cccnc2)cc1. The maximum absolute atomic E-state index is 11.7. The van der Waals surface area contributed by atoms with E-state index in [9.17, 15) is 13.2 Å². The molecule has 2 aromatic carbocycles. The number of hydrogen-bond acceptors (Lipinski definition) is 3. The maximum atomic E-state index is 11.7. The highest BCUT2D eigenvalue weighted by molar-refractivity contribution is 5.27. The fourth-order valence-electron chi connectivity index (χ4n) is 2.08. The van der Waals surface area contributed by atoms with Crippen molar-refractivity contribution in [3.8, 4) is 11.5 Å². The first-order valence-electron chi connectivity index (χ1n) is 8.66. The van der Waals surface area contributed by atoms with Gasteiger partial charge in [-0.3, -0.25) is 4.98 Å². The van der Waals surface area contributed by atoms with E-state index in [1.165, 1.54) is 17.7 Å². The lowest BCUT2D eigenvalue weighted by molar-refractivity contribution is -0.153. The predicted octanol–water partition coefficient (Wildman–Crippen LogP) is 5.91. The molecule has 0 N–H and O–H groups in total. The van der Waals surface area contributed by atoms with Crippen molar-refractivity contribution >= 4 is 0 Å². The van der Waals surface area contributed by atoms with Crippen LogP contribution in [-0.2, 0) is 6.61 Å². The summed E-state index contributed by atoms with van der Waals surface area (Å²) in [5, 5.41) is 0. The Balaban J connectivity index is 0.000000203. The molecule has 3 rings (SSSR count). The quantitative estimate of drug-likeness (QED) is 0.544. The number of pyridine rings is 1. The van der Waals surface area contributed by atoms with E-state index >= 15 is 0 Å². The van der Waals surface area contributed by atoms with Crippen LogP contribution in [0, 0.1) is 13.8 Å². The monoisotopic (exact) mass is 389 g/mol. The number of aryl methyl sites for hydroxylation is 2. The third kappa shape index (κ3) is 8.58. The van der Waals surface area contributed by atoms with Gasteiger partial charge in [0.25, 0.3) is 0 Å². The first kappa shape index (κ1) is 21.3. The molecule has 0 unspecified atom stereocenters. The van der Waals surface area contributed by atoms with Gasteiger partial charge in [-0.25, -0.2) is 0 Å². The maximum Gasteiger partial charge on any atom is 0.422 e. The molecule has 0 atom stereocenters. The average Bonchev–Trinajstić information content (AvgIpc) is 2.68. The molecule has 0 amide bonds. The van der Waals surface area contributed by atoms with Crippen LogP contribution in [0.4, 0.5) is 13.2 Å². The van der Waals surface area contributed by atoms with Crippen molar-refractivity contribution in [3.63, 3.8) is 0 Å². The molecule has 0 aliphatic heterocycles. The Morgan fingerprint density at radius 2 is 1.32 bits per heavy atom. The number of hydrogen-bond donors (Lipinski definition) is 0. The average molecular weight is 389 g/mol. The molecule has 0 spiro atoms. The standard InChI is InChI=1S/C13H13NO.C9H9F3O/c1-11-4-6-13(7-5-11)15-10-12-3-2-8-14-9-12;1-7-2-4-8(5-3-7)13-6-9(10,11)12/h2-9H,10H2,1H3;2-5H,6H2,1H3. The van der Waals surface area contributed by atoms with Gasteiger partial charge >= 0.3 is 6.18 Å². The van der Waals surface area contributed by atoms with Gasteiger partial charge in [0, 0.05) is 18.0 Å². The molecule has 0 saturated carbocycles. The fraction of sp³-hybridized carbons (Fsp3) is 0.227. The summed E-state index contributed by atoms with van der Waals surface area (Å²) >= 11 is 0. The van der Waals surface area contributed by atoms with E-state index in [-0.39, 0.29) is 5.75 Å². The Kier molecular flexibility index (Phi) is 7.87. The first-order chi connectivity index (χ1) is 13.3. The molecule has 3 aromatic rings. The van der Waals surface area contributed by atoms with Gasteiger partial charge in [0.2, 0.25) is 0 Å². The topological polar surface area (TPSA) is 31.4 Å². The minimum atomic E-state index is -4.27. The van der Waals surface area contributed by atoms with Crippen LogP contribution in [0.5, 0.6) is 11.5 Å². The Hall–Kier alpha value is -3.02. The van der Waals surface area contributed by atoms with Crippen molar-refractivity contribution in [1.82, 2.24) is 4.98 Å². The van der Waals surface area contributed by atoms with Crippen LogP contribution < -0.4 is 9.47 Å². The Morgan fingerprint density at radius 3 is 1.79 bits per heavy atom. The van der Waals surface area contributed by atoms with E-state index in [0.29, 0.717) is 6.61 Å². The summed E-state index contributed by atoms with van der Waals surface area (Å²) in [7, 11) is 0. The summed E-state index contributed by atoms with van der Waals surface area (Å²) in [6, 6.07) is 18.4. The lowest BCUT2D eigenvalue weighted by atomic mass is 10.2. The number of rotatable bonds is 5. The van der Waals surface area contributed by atoms with Gasteiger partial charge in [0.15, 0.2) is 6.61 Å². The molecule has 0 bridgehead atoms. The highest BCUT2D eigenvalue weighted by Gasteiger charge is 2.28. The molecule has 3 nitrogen and oxygen atoms in total. The number of nitrogens with zero attached hydrogens (tertiary/aromatic N) is 1. The fourth-order valence-corrected chi connectivity index (χ4v) is 2.08. The zero-order chi connectivity index (χ0) is 20.4. The van der Waals surface area contributed by atoms with Crippen molar-refractivity contribution < 1.29 is 22.6 Å². The van der Waals surface area contributed by atoms with Crippen LogP contribution in [0.2, 0.25) is 0 Å². The summed E-state index contributed by atoms with van der Waals surface area (Å²) in [6.45, 7) is 3.24. The summed E-state index contributed by atoms with van der Waals surface area (Å²) in [5.74, 6) is 1.13. The third-order valence-corrected chi connectivity index (χ3v) is 3.57. The minimum Gasteiger partial charge on any atom is -0.489 e. The molecule has 1 aromatic heterocycles. The normalized spacial score (nSPS) is 10.6. The molecule has 6 heteroatoms. The van der Waals surface area contributed by atoms with Crippen LogP contribution in [0.3, 0.4) is 0 Å². The van der Waals surface area contributed by atoms with Crippen molar-refractivity contribution in [2.75, 3.05) is 6.61 Å². The predicted molar refractivity (Wildman–Crippen MR) is 102 cm³/mol. The zero-order valence-corrected chi connectivity index (χ0v) is 15.7. The van der Waals surface area contributed by atoms with E-state index in [1.54, 1.807) is 18.3 Å². The Labute approximate surface area is 162 Å². The summed E-state index contributed by atoms with van der Waals surface area (Å²) in [5.41, 5.74) is 3.31. The van der Waals surface area contributed by atoms with E-state index in [2.05, 4.69) is 16.6 Å². The van der Waals surface area contributed by atoms with Crippen LogP contribution in [-0.4, -0.2) is 17.8 Å². The smallest absolute Gasteiger partial charge is 0.422 e. The van der Waals surface area contributed by atoms with Crippen molar-refractivity contribution in [1.29, 1.82) is 0 Å². The first-order valence-corrected chi connectivity index (χ1v) is 8.66. The molecule has 148 valence electrons. The summed E-state index contributed by atoms with van der Waals surface area (Å²) < 4.78 is 45.2. The minimum absolute atomic E-state index is 0.239. The largest absolute Gasteiger partial charge is 0.489 e. The number of benzene rings is 2. The van der Waals surface area contributed by atoms with E-state index in [4.69, 9.17) is 4.74 Å². The second-order valence-corrected chi connectivity index (χ2v) is 6.18. The van der Waals surface area contributed by atoms with Gasteiger partial charge in [-0.1, -0.05) is 41.5 Å². The lowest BCUT2D eigenvalue weighted by Crippen LogP contribution is -2.19. The van der Waals surface area contributed by atoms with Crippen LogP contribution in [0.1, 0.15) is 16.7 Å². The number of halogens is 3. The molecule has 0 aliphatic rings. The van der Waals surface area contributed by atoms with Gasteiger partial charge in [-0.2, -0.15) is 13.2 Å². The number of aromatic nitrogens is 1. The number of ether oxygens (including phenoxy) is 2. The van der Waals surface area contributed by atoms with E-state index < -0.39 is 12.8 Å². The third-order valence-electron chi connectivity index (χ3n) is 3.57. The molecule has 1 heterocycles. The summed E-state index contributed by atoms with van der Waals surface area (Å²) in [4.78, 5) is 4.03. The van der Waals surface area contributed by atoms with Crippen molar-refractivity contribution in [2.45, 2.75) is 26.6 Å². The lowest BCUT2D eigenvalue weighted by Gasteiger charge is -2.08. The van der Waals surface area contributed by atoms with Crippen LogP contribution >= 0.6 is 0 Å². The molecule has 0 fully saturated rings. The van der Waals surface area contributed by atoms with Gasteiger partial charge in [-0.15, -0.1) is 0 Å². The van der Waals surface area contributed by atoms with Crippen molar-refractivity contribution in [2.24, 2.45) is 0 Å². The van der Waals surface area contributed by atoms with Gasteiger partial charge < -0.3 is 9.47 Å². The molecule has 0 saturated heterocycles. The Morgan fingerprint density at radius 1 is 0.786 bits per heavy atom. The van der Waals surface area contributed by atoms with Gasteiger partial charge in [0.05, 0.1) is 0 Å². The van der Waals surface area contributed by atoms with E-state index in [0.717, 1.165) is 16.9 Å². The highest BCUT2D eigenvalue weighted by Crippen LogP contribution is 2.18.